The van der Waals surface area contributed by atoms with Gasteiger partial charge in [-0.1, -0.05) is 0 Å². The van der Waals surface area contributed by atoms with E-state index in [1.807, 2.05) is 0 Å². The Balaban J connectivity index is 2.79. The molecule has 0 radical (unpaired) electrons. The minimum absolute atomic E-state index is 0.229. The maximum Gasteiger partial charge on any atom is 0.273 e. The van der Waals surface area contributed by atoms with Crippen molar-refractivity contribution in [3.05, 3.63) is 28.7 Å². The summed E-state index contributed by atoms with van der Waals surface area (Å²) >= 11 is 0. The molecule has 0 aromatic carbocycles. The molecule has 21 heavy (non-hydrogen) atoms. The van der Waals surface area contributed by atoms with Crippen molar-refractivity contribution in [2.45, 2.75) is 31.5 Å². The first-order valence-corrected chi connectivity index (χ1v) is 7.72. The van der Waals surface area contributed by atoms with Gasteiger partial charge in [0.15, 0.2) is 5.82 Å². The van der Waals surface area contributed by atoms with Gasteiger partial charge in [-0.15, -0.1) is 10.2 Å². The summed E-state index contributed by atoms with van der Waals surface area (Å²) in [6.45, 7) is 5.40. The zero-order valence-corrected chi connectivity index (χ0v) is 13.0. The molecule has 9 heteroatoms. The monoisotopic (exact) mass is 311 g/mol. The van der Waals surface area contributed by atoms with E-state index in [9.17, 15) is 13.2 Å². The van der Waals surface area contributed by atoms with Gasteiger partial charge in [-0.3, -0.25) is 9.36 Å². The fourth-order valence-electron chi connectivity index (χ4n) is 1.93. The Labute approximate surface area is 122 Å². The van der Waals surface area contributed by atoms with E-state index in [1.165, 1.54) is 15.2 Å². The molecule has 2 rings (SSSR count). The number of hydrogen-bond donors (Lipinski definition) is 1. The topological polar surface area (TPSA) is 113 Å². The molecule has 2 aromatic rings. The average molecular weight is 311 g/mol. The predicted molar refractivity (Wildman–Crippen MR) is 77.1 cm³/mol. The molecule has 0 bridgehead atoms. The first kappa shape index (κ1) is 15.4. The Morgan fingerprint density at radius 2 is 1.86 bits per heavy atom. The number of pyridine rings is 1. The fourth-order valence-corrected chi connectivity index (χ4v) is 2.70. The van der Waals surface area contributed by atoms with Crippen LogP contribution in [0.15, 0.2) is 28.3 Å². The Morgan fingerprint density at radius 1 is 1.24 bits per heavy atom. The summed E-state index contributed by atoms with van der Waals surface area (Å²) in [6.07, 6.45) is 1.58. The second-order valence-electron chi connectivity index (χ2n) is 5.72. The number of nitrogens with zero attached hydrogens (tertiary/aromatic N) is 4. The highest BCUT2D eigenvalue weighted by Crippen LogP contribution is 2.26. The third-order valence-corrected chi connectivity index (χ3v) is 3.69. The van der Waals surface area contributed by atoms with Crippen molar-refractivity contribution in [3.8, 4) is 11.4 Å². The predicted octanol–water partition coefficient (Wildman–Crippen LogP) is 0.0462. The SMILES string of the molecule is Cn1ccc(-c2nnc(S(N)(=O)=O)n2C(C)(C)C)cc1=O. The van der Waals surface area contributed by atoms with Gasteiger partial charge >= 0.3 is 0 Å². The van der Waals surface area contributed by atoms with Crippen LogP contribution >= 0.6 is 0 Å². The Kier molecular flexibility index (Phi) is 3.50. The molecular weight excluding hydrogens is 294 g/mol. The molecule has 0 fully saturated rings. The maximum atomic E-state index is 11.7. The van der Waals surface area contributed by atoms with E-state index in [1.54, 1.807) is 40.1 Å². The number of nitrogens with two attached hydrogens (primary N) is 1. The Hall–Kier alpha value is -2.00. The molecule has 0 unspecified atom stereocenters. The van der Waals surface area contributed by atoms with Crippen molar-refractivity contribution in [3.63, 3.8) is 0 Å². The molecule has 2 N–H and O–H groups in total. The Morgan fingerprint density at radius 3 is 2.33 bits per heavy atom. The standard InChI is InChI=1S/C12H17N5O3S/c1-12(2,3)17-10(14-15-11(17)21(13,19)20)8-5-6-16(4)9(18)7-8/h5-7H,1-4H3,(H2,13,19,20). The maximum absolute atomic E-state index is 11.7. The van der Waals surface area contributed by atoms with E-state index in [0.717, 1.165) is 0 Å². The zero-order chi connectivity index (χ0) is 16.0. The number of rotatable bonds is 2. The zero-order valence-electron chi connectivity index (χ0n) is 12.2. The third kappa shape index (κ3) is 2.88. The van der Waals surface area contributed by atoms with Gasteiger partial charge in [0.05, 0.1) is 0 Å². The van der Waals surface area contributed by atoms with Gasteiger partial charge < -0.3 is 4.57 Å². The van der Waals surface area contributed by atoms with Crippen LogP contribution in [0, 0.1) is 0 Å². The van der Waals surface area contributed by atoms with Gasteiger partial charge in [-0.2, -0.15) is 0 Å². The van der Waals surface area contributed by atoms with Crippen LogP contribution in [0.3, 0.4) is 0 Å². The normalized spacial score (nSPS) is 12.6. The Bertz CT molecular complexity index is 843. The van der Waals surface area contributed by atoms with E-state index in [-0.39, 0.29) is 16.5 Å². The van der Waals surface area contributed by atoms with Crippen LogP contribution in [-0.4, -0.2) is 27.7 Å². The van der Waals surface area contributed by atoms with Crippen LogP contribution in [-0.2, 0) is 22.6 Å². The summed E-state index contributed by atoms with van der Waals surface area (Å²) in [5.74, 6) is 0.282. The molecule has 0 atom stereocenters. The van der Waals surface area contributed by atoms with Crippen LogP contribution in [0.25, 0.3) is 11.4 Å². The van der Waals surface area contributed by atoms with E-state index in [2.05, 4.69) is 10.2 Å². The molecule has 0 saturated heterocycles. The second kappa shape index (κ2) is 4.78. The quantitative estimate of drug-likeness (QED) is 0.841. The summed E-state index contributed by atoms with van der Waals surface area (Å²) in [6, 6.07) is 3.04. The number of sulfonamides is 1. The molecule has 114 valence electrons. The average Bonchev–Trinajstić information content (AvgIpc) is 2.76. The summed E-state index contributed by atoms with van der Waals surface area (Å²) in [5, 5.41) is 12.4. The van der Waals surface area contributed by atoms with Crippen molar-refractivity contribution < 1.29 is 8.42 Å². The second-order valence-corrected chi connectivity index (χ2v) is 7.18. The van der Waals surface area contributed by atoms with Crippen molar-refractivity contribution in [1.82, 2.24) is 19.3 Å². The van der Waals surface area contributed by atoms with Gasteiger partial charge in [-0.05, 0) is 26.8 Å². The van der Waals surface area contributed by atoms with Crippen molar-refractivity contribution in [2.24, 2.45) is 12.2 Å². The summed E-state index contributed by atoms with van der Waals surface area (Å²) in [7, 11) is -2.39. The van der Waals surface area contributed by atoms with Crippen LogP contribution in [0.4, 0.5) is 0 Å². The summed E-state index contributed by atoms with van der Waals surface area (Å²) in [5.41, 5.74) is -0.370. The highest BCUT2D eigenvalue weighted by molar-refractivity contribution is 7.89. The van der Waals surface area contributed by atoms with E-state index in [0.29, 0.717) is 5.56 Å². The number of aromatic nitrogens is 4. The fraction of sp³-hybridized carbons (Fsp3) is 0.417. The molecular formula is C12H17N5O3S. The van der Waals surface area contributed by atoms with Gasteiger partial charge in [0.2, 0.25) is 0 Å². The van der Waals surface area contributed by atoms with Crippen molar-refractivity contribution in [2.75, 3.05) is 0 Å². The summed E-state index contributed by atoms with van der Waals surface area (Å²) < 4.78 is 26.1. The lowest BCUT2D eigenvalue weighted by Crippen LogP contribution is -2.29. The largest absolute Gasteiger partial charge is 0.319 e. The summed E-state index contributed by atoms with van der Waals surface area (Å²) in [4.78, 5) is 11.7. The lowest BCUT2D eigenvalue weighted by atomic mass is 10.1. The van der Waals surface area contributed by atoms with E-state index >= 15 is 0 Å². The minimum Gasteiger partial charge on any atom is -0.319 e. The molecule has 2 aromatic heterocycles. The van der Waals surface area contributed by atoms with E-state index in [4.69, 9.17) is 5.14 Å². The molecule has 8 nitrogen and oxygen atoms in total. The molecule has 0 aliphatic carbocycles. The van der Waals surface area contributed by atoms with Gasteiger partial charge in [-0.25, -0.2) is 13.6 Å². The smallest absolute Gasteiger partial charge is 0.273 e. The van der Waals surface area contributed by atoms with Gasteiger partial charge in [0, 0.05) is 30.4 Å². The molecule has 2 heterocycles. The third-order valence-electron chi connectivity index (χ3n) is 2.92. The van der Waals surface area contributed by atoms with Crippen LogP contribution in [0.5, 0.6) is 0 Å². The number of hydrogen-bond acceptors (Lipinski definition) is 5. The van der Waals surface area contributed by atoms with E-state index < -0.39 is 15.6 Å². The van der Waals surface area contributed by atoms with Crippen molar-refractivity contribution in [1.29, 1.82) is 0 Å². The number of primary sulfonamides is 1. The molecule has 0 aliphatic rings. The molecule has 0 saturated carbocycles. The van der Waals surface area contributed by atoms with Crippen molar-refractivity contribution >= 4 is 10.0 Å². The first-order chi connectivity index (χ1) is 9.51. The lowest BCUT2D eigenvalue weighted by molar-refractivity contribution is 0.366. The molecule has 0 aliphatic heterocycles. The minimum atomic E-state index is -4.02. The van der Waals surface area contributed by atoms with Crippen LogP contribution in [0.1, 0.15) is 20.8 Å². The number of aryl methyl sites for hydroxylation is 1. The lowest BCUT2D eigenvalue weighted by Gasteiger charge is -2.24. The van der Waals surface area contributed by atoms with Crippen LogP contribution in [0.2, 0.25) is 0 Å². The van der Waals surface area contributed by atoms with Crippen LogP contribution < -0.4 is 10.7 Å². The molecule has 0 spiro atoms. The first-order valence-electron chi connectivity index (χ1n) is 6.17. The molecule has 0 amide bonds. The highest BCUT2D eigenvalue weighted by atomic mass is 32.2. The highest BCUT2D eigenvalue weighted by Gasteiger charge is 2.29. The van der Waals surface area contributed by atoms with Gasteiger partial charge in [0.1, 0.15) is 0 Å². The van der Waals surface area contributed by atoms with Gasteiger partial charge in [0.25, 0.3) is 20.7 Å².